The Hall–Kier alpha value is -3.15. The van der Waals surface area contributed by atoms with Gasteiger partial charge in [0.05, 0.1) is 25.4 Å². The summed E-state index contributed by atoms with van der Waals surface area (Å²) in [7, 11) is 0. The van der Waals surface area contributed by atoms with E-state index in [1.54, 1.807) is 6.08 Å². The minimum Gasteiger partial charge on any atom is -0.394 e. The van der Waals surface area contributed by atoms with Gasteiger partial charge in [0.2, 0.25) is 5.91 Å². The fraction of sp³-hybridized carbons (Fsp3) is 0.729. The van der Waals surface area contributed by atoms with Crippen molar-refractivity contribution < 1.29 is 39.8 Å². The summed E-state index contributed by atoms with van der Waals surface area (Å²) in [6.07, 6.45) is 79.0. The maximum Gasteiger partial charge on any atom is 0.220 e. The molecule has 1 rings (SSSR count). The molecular weight excluding hydrogens is 983 g/mol. The average molecular weight is 1100 g/mol. The number of amides is 1. The highest BCUT2D eigenvalue weighted by molar-refractivity contribution is 5.76. The highest BCUT2D eigenvalue weighted by atomic mass is 16.7. The third kappa shape index (κ3) is 47.1. The van der Waals surface area contributed by atoms with Crippen LogP contribution in [0, 0.1) is 0 Å². The molecule has 454 valence electrons. The molecule has 0 aromatic rings. The molecule has 0 spiro atoms. The van der Waals surface area contributed by atoms with Gasteiger partial charge in [-0.3, -0.25) is 4.79 Å². The van der Waals surface area contributed by atoms with E-state index in [0.29, 0.717) is 6.42 Å². The topological polar surface area (TPSA) is 149 Å². The van der Waals surface area contributed by atoms with Gasteiger partial charge in [-0.1, -0.05) is 284 Å². The molecule has 1 aliphatic heterocycles. The van der Waals surface area contributed by atoms with Gasteiger partial charge in [-0.15, -0.1) is 0 Å². The number of allylic oxidation sites excluding steroid dienone is 17. The summed E-state index contributed by atoms with van der Waals surface area (Å²) < 4.78 is 11.3. The largest absolute Gasteiger partial charge is 0.394 e. The Bertz CT molecular complexity index is 1610. The number of nitrogens with one attached hydrogen (secondary N) is 1. The third-order valence-corrected chi connectivity index (χ3v) is 14.8. The van der Waals surface area contributed by atoms with E-state index in [1.807, 2.05) is 6.08 Å². The van der Waals surface area contributed by atoms with Crippen LogP contribution < -0.4 is 5.32 Å². The predicted octanol–water partition coefficient (Wildman–Crippen LogP) is 17.3. The SMILES string of the molecule is CC/C=C\C/C=C\C/C=C\C/C=C\C/C=C\C/C=C\C/C=C\CCCCCCCCCCCCCCCCCCCCCC(=O)NC(COC1OC(CO)C(O)C(O)C1O)C(O)/C=C/CC/C=C/CCCCCCCCCCC. The van der Waals surface area contributed by atoms with Crippen molar-refractivity contribution in [2.45, 2.75) is 314 Å². The van der Waals surface area contributed by atoms with Crippen LogP contribution in [0.25, 0.3) is 0 Å². The lowest BCUT2D eigenvalue weighted by atomic mass is 9.99. The van der Waals surface area contributed by atoms with Crippen LogP contribution in [0.1, 0.15) is 271 Å². The predicted molar refractivity (Wildman–Crippen MR) is 336 cm³/mol. The van der Waals surface area contributed by atoms with Crippen LogP contribution in [-0.4, -0.2) is 87.5 Å². The third-order valence-electron chi connectivity index (χ3n) is 14.8. The van der Waals surface area contributed by atoms with Gasteiger partial charge in [0.1, 0.15) is 24.4 Å². The Kier molecular flexibility index (Phi) is 54.3. The first kappa shape index (κ1) is 73.9. The number of aliphatic hydroxyl groups excluding tert-OH is 5. The van der Waals surface area contributed by atoms with Crippen LogP contribution in [0.5, 0.6) is 0 Å². The van der Waals surface area contributed by atoms with Crippen LogP contribution >= 0.6 is 0 Å². The summed E-state index contributed by atoms with van der Waals surface area (Å²) in [5.41, 5.74) is 0. The molecule has 0 radical (unpaired) electrons. The first-order valence-corrected chi connectivity index (χ1v) is 32.6. The van der Waals surface area contributed by atoms with E-state index >= 15 is 0 Å². The molecule has 9 heteroatoms. The number of rotatable bonds is 55. The van der Waals surface area contributed by atoms with E-state index < -0.39 is 49.5 Å². The molecule has 1 aliphatic rings. The van der Waals surface area contributed by atoms with Crippen LogP contribution in [0.2, 0.25) is 0 Å². The molecule has 0 aromatic heterocycles. The molecule has 9 nitrogen and oxygen atoms in total. The summed E-state index contributed by atoms with van der Waals surface area (Å²) in [5.74, 6) is -0.187. The van der Waals surface area contributed by atoms with Crippen molar-refractivity contribution in [1.29, 1.82) is 0 Å². The fourth-order valence-electron chi connectivity index (χ4n) is 9.74. The maximum absolute atomic E-state index is 13.1. The Morgan fingerprint density at radius 2 is 0.797 bits per heavy atom. The molecule has 1 amide bonds. The minimum atomic E-state index is -1.57. The zero-order valence-corrected chi connectivity index (χ0v) is 50.6. The van der Waals surface area contributed by atoms with Crippen molar-refractivity contribution in [2.24, 2.45) is 0 Å². The molecule has 0 bridgehead atoms. The summed E-state index contributed by atoms with van der Waals surface area (Å²) in [4.78, 5) is 13.1. The summed E-state index contributed by atoms with van der Waals surface area (Å²) >= 11 is 0. The highest BCUT2D eigenvalue weighted by Crippen LogP contribution is 2.23. The Balaban J connectivity index is 2.08. The van der Waals surface area contributed by atoms with E-state index in [0.717, 1.165) is 83.5 Å². The van der Waals surface area contributed by atoms with Crippen molar-refractivity contribution in [3.05, 3.63) is 109 Å². The van der Waals surface area contributed by atoms with Gasteiger partial charge in [-0.05, 0) is 89.9 Å². The highest BCUT2D eigenvalue weighted by Gasteiger charge is 2.44. The number of hydrogen-bond donors (Lipinski definition) is 6. The van der Waals surface area contributed by atoms with Crippen molar-refractivity contribution in [3.63, 3.8) is 0 Å². The van der Waals surface area contributed by atoms with E-state index in [9.17, 15) is 30.3 Å². The van der Waals surface area contributed by atoms with Gasteiger partial charge in [-0.25, -0.2) is 0 Å². The zero-order valence-electron chi connectivity index (χ0n) is 50.6. The lowest BCUT2D eigenvalue weighted by Crippen LogP contribution is -2.60. The first-order chi connectivity index (χ1) is 38.8. The molecule has 0 saturated carbocycles. The van der Waals surface area contributed by atoms with Gasteiger partial charge in [-0.2, -0.15) is 0 Å². The number of carbonyl (C=O) groups is 1. The van der Waals surface area contributed by atoms with Crippen molar-refractivity contribution in [1.82, 2.24) is 5.32 Å². The van der Waals surface area contributed by atoms with Gasteiger partial charge in [0, 0.05) is 6.42 Å². The molecule has 1 heterocycles. The normalized spacial score (nSPS) is 19.3. The van der Waals surface area contributed by atoms with Crippen LogP contribution in [0.3, 0.4) is 0 Å². The molecule has 1 fully saturated rings. The number of ether oxygens (including phenoxy) is 2. The Morgan fingerprint density at radius 1 is 0.443 bits per heavy atom. The van der Waals surface area contributed by atoms with Gasteiger partial charge < -0.3 is 40.3 Å². The number of carbonyl (C=O) groups excluding carboxylic acids is 1. The van der Waals surface area contributed by atoms with Crippen molar-refractivity contribution in [2.75, 3.05) is 13.2 Å². The fourth-order valence-corrected chi connectivity index (χ4v) is 9.74. The maximum atomic E-state index is 13.1. The molecule has 6 N–H and O–H groups in total. The summed E-state index contributed by atoms with van der Waals surface area (Å²) in [6.45, 7) is 3.65. The standard InChI is InChI=1S/C70H121NO8/c1-3-5-7-9-11-13-15-17-19-20-21-22-23-24-25-26-27-28-29-30-31-32-33-34-35-36-37-38-39-40-41-42-43-44-46-48-50-52-54-56-58-60-66(74)71-63(62-78-70-69(77)68(76)67(75)65(61-72)79-70)64(73)59-57-55-53-51-49-47-45-18-16-14-12-10-8-6-4-2/h5,7,11,13,17,19,21-22,24-25,27-28,30-31,49,51,57,59,63-65,67-70,72-73,75-77H,3-4,6,8-10,12,14-16,18,20,23,26,29,32-48,50,52-56,58,60-62H2,1-2H3,(H,71,74)/b7-5-,13-11-,19-17-,22-21-,25-24-,28-27-,31-30-,51-49+,59-57+. The second kappa shape index (κ2) is 58.1. The molecule has 1 saturated heterocycles. The molecule has 7 unspecified atom stereocenters. The number of unbranched alkanes of at least 4 members (excludes halogenated alkanes) is 29. The Morgan fingerprint density at radius 3 is 1.22 bits per heavy atom. The van der Waals surface area contributed by atoms with E-state index in [2.05, 4.69) is 116 Å². The molecular formula is C70H121NO8. The summed E-state index contributed by atoms with van der Waals surface area (Å²) in [5, 5.41) is 54.5. The van der Waals surface area contributed by atoms with E-state index in [-0.39, 0.29) is 12.5 Å². The van der Waals surface area contributed by atoms with Crippen LogP contribution in [-0.2, 0) is 14.3 Å². The van der Waals surface area contributed by atoms with Crippen LogP contribution in [0.15, 0.2) is 109 Å². The van der Waals surface area contributed by atoms with Gasteiger partial charge in [0.25, 0.3) is 0 Å². The average Bonchev–Trinajstić information content (AvgIpc) is 3.46. The van der Waals surface area contributed by atoms with Gasteiger partial charge in [0.15, 0.2) is 6.29 Å². The molecule has 7 atom stereocenters. The smallest absolute Gasteiger partial charge is 0.220 e. The quantitative estimate of drug-likeness (QED) is 0.0261. The molecule has 0 aliphatic carbocycles. The number of aliphatic hydroxyl groups is 5. The lowest BCUT2D eigenvalue weighted by molar-refractivity contribution is -0.302. The van der Waals surface area contributed by atoms with Crippen molar-refractivity contribution >= 4 is 5.91 Å². The second-order valence-electron chi connectivity index (χ2n) is 22.2. The van der Waals surface area contributed by atoms with Crippen molar-refractivity contribution in [3.8, 4) is 0 Å². The van der Waals surface area contributed by atoms with Gasteiger partial charge >= 0.3 is 0 Å². The van der Waals surface area contributed by atoms with E-state index in [1.165, 1.54) is 167 Å². The monoisotopic (exact) mass is 1100 g/mol. The molecule has 79 heavy (non-hydrogen) atoms. The second-order valence-corrected chi connectivity index (χ2v) is 22.2. The Labute approximate surface area is 485 Å². The first-order valence-electron chi connectivity index (χ1n) is 32.6. The number of hydrogen-bond acceptors (Lipinski definition) is 8. The molecule has 0 aromatic carbocycles. The minimum absolute atomic E-state index is 0.187. The van der Waals surface area contributed by atoms with Crippen LogP contribution in [0.4, 0.5) is 0 Å². The summed E-state index contributed by atoms with van der Waals surface area (Å²) in [6, 6.07) is -0.825. The lowest BCUT2D eigenvalue weighted by Gasteiger charge is -2.40. The zero-order chi connectivity index (χ0) is 57.2. The van der Waals surface area contributed by atoms with E-state index in [4.69, 9.17) is 9.47 Å².